The number of anilines is 1. The van der Waals surface area contributed by atoms with Crippen LogP contribution in [0.4, 0.5) is 5.82 Å². The fraction of sp³-hybridized carbons (Fsp3) is 0.571. The maximum atomic E-state index is 6.30. The first-order valence-corrected chi connectivity index (χ1v) is 6.79. The van der Waals surface area contributed by atoms with Gasteiger partial charge in [0.25, 0.3) is 0 Å². The molecular formula is C14H23N5. The molecule has 0 saturated carbocycles. The Hall–Kier alpha value is -1.78. The molecule has 2 heterocycles. The Morgan fingerprint density at radius 1 is 1.37 bits per heavy atom. The van der Waals surface area contributed by atoms with Gasteiger partial charge in [0, 0.05) is 31.8 Å². The third-order valence-corrected chi connectivity index (χ3v) is 3.22. The molecule has 0 aliphatic heterocycles. The van der Waals surface area contributed by atoms with Gasteiger partial charge in [0.1, 0.15) is 17.3 Å². The average Bonchev–Trinajstić information content (AvgIpc) is 2.80. The highest BCUT2D eigenvalue weighted by Gasteiger charge is 2.18. The zero-order chi connectivity index (χ0) is 14.2. The van der Waals surface area contributed by atoms with Gasteiger partial charge in [-0.2, -0.15) is 5.10 Å². The van der Waals surface area contributed by atoms with Crippen LogP contribution >= 0.6 is 0 Å². The lowest BCUT2D eigenvalue weighted by molar-refractivity contribution is 0.513. The first kappa shape index (κ1) is 13.6. The highest BCUT2D eigenvalue weighted by atomic mass is 15.3. The van der Waals surface area contributed by atoms with Gasteiger partial charge in [-0.3, -0.25) is 4.68 Å². The molecule has 2 aromatic heterocycles. The number of aryl methyl sites for hydroxylation is 3. The summed E-state index contributed by atoms with van der Waals surface area (Å²) in [7, 11) is 1.92. The number of aromatic nitrogens is 4. The fourth-order valence-electron chi connectivity index (χ4n) is 2.38. The van der Waals surface area contributed by atoms with Gasteiger partial charge in [0.15, 0.2) is 0 Å². The quantitative estimate of drug-likeness (QED) is 0.919. The minimum atomic E-state index is 0.546. The Kier molecular flexibility index (Phi) is 3.64. The van der Waals surface area contributed by atoms with E-state index >= 15 is 0 Å². The summed E-state index contributed by atoms with van der Waals surface area (Å²) < 4.78 is 3.93. The molecule has 0 bridgehead atoms. The third-order valence-electron chi connectivity index (χ3n) is 3.22. The zero-order valence-electron chi connectivity index (χ0n) is 12.4. The van der Waals surface area contributed by atoms with E-state index in [2.05, 4.69) is 30.4 Å². The van der Waals surface area contributed by atoms with Crippen LogP contribution in [0.3, 0.4) is 0 Å². The van der Waals surface area contributed by atoms with Crippen molar-refractivity contribution in [2.24, 2.45) is 13.0 Å². The minimum absolute atomic E-state index is 0.546. The highest BCUT2D eigenvalue weighted by Crippen LogP contribution is 2.29. The summed E-state index contributed by atoms with van der Waals surface area (Å²) in [6.45, 7) is 9.38. The predicted molar refractivity (Wildman–Crippen MR) is 77.8 cm³/mol. The number of imidazole rings is 1. The molecule has 0 atom stereocenters. The molecule has 0 unspecified atom stereocenters. The molecule has 2 aromatic rings. The predicted octanol–water partition coefficient (Wildman–Crippen LogP) is 2.39. The molecule has 5 nitrogen and oxygen atoms in total. The average molecular weight is 261 g/mol. The van der Waals surface area contributed by atoms with Crippen LogP contribution in [0, 0.1) is 12.8 Å². The first-order chi connectivity index (χ1) is 8.93. The standard InChI is InChI=1S/C14H23N5/c1-6-12-16-13(11-8-18(5)17-10(11)4)14(15)19(12)7-9(2)3/h8-9H,6-7,15H2,1-5H3. The fourth-order valence-corrected chi connectivity index (χ4v) is 2.38. The normalized spacial score (nSPS) is 11.5. The van der Waals surface area contributed by atoms with E-state index < -0.39 is 0 Å². The second-order valence-corrected chi connectivity index (χ2v) is 5.42. The second-order valence-electron chi connectivity index (χ2n) is 5.42. The lowest BCUT2D eigenvalue weighted by atomic mass is 10.2. The van der Waals surface area contributed by atoms with Crippen LogP contribution in [-0.2, 0) is 20.0 Å². The van der Waals surface area contributed by atoms with E-state index in [-0.39, 0.29) is 0 Å². The van der Waals surface area contributed by atoms with E-state index in [0.29, 0.717) is 5.92 Å². The van der Waals surface area contributed by atoms with Crippen molar-refractivity contribution in [3.8, 4) is 11.3 Å². The van der Waals surface area contributed by atoms with Crippen LogP contribution < -0.4 is 5.73 Å². The van der Waals surface area contributed by atoms with Gasteiger partial charge in [-0.25, -0.2) is 4.98 Å². The molecule has 5 heteroatoms. The molecule has 2 rings (SSSR count). The molecule has 2 N–H and O–H groups in total. The molecule has 0 aliphatic carbocycles. The summed E-state index contributed by atoms with van der Waals surface area (Å²) in [5.41, 5.74) is 9.15. The molecule has 0 aromatic carbocycles. The number of nitrogens with zero attached hydrogens (tertiary/aromatic N) is 4. The molecule has 0 spiro atoms. The van der Waals surface area contributed by atoms with Crippen molar-refractivity contribution in [1.82, 2.24) is 19.3 Å². The minimum Gasteiger partial charge on any atom is -0.383 e. The zero-order valence-corrected chi connectivity index (χ0v) is 12.4. The van der Waals surface area contributed by atoms with E-state index in [1.54, 1.807) is 4.68 Å². The van der Waals surface area contributed by atoms with Crippen molar-refractivity contribution in [2.75, 3.05) is 5.73 Å². The Bertz CT molecular complexity index is 577. The number of hydrogen-bond acceptors (Lipinski definition) is 3. The Balaban J connectivity index is 2.53. The van der Waals surface area contributed by atoms with E-state index in [1.807, 2.05) is 20.2 Å². The monoisotopic (exact) mass is 261 g/mol. The van der Waals surface area contributed by atoms with Gasteiger partial charge in [-0.05, 0) is 12.8 Å². The Morgan fingerprint density at radius 2 is 2.05 bits per heavy atom. The highest BCUT2D eigenvalue weighted by molar-refractivity contribution is 5.72. The molecule has 104 valence electrons. The van der Waals surface area contributed by atoms with E-state index in [1.165, 1.54) is 0 Å². The van der Waals surface area contributed by atoms with Gasteiger partial charge in [-0.1, -0.05) is 20.8 Å². The van der Waals surface area contributed by atoms with Crippen molar-refractivity contribution < 1.29 is 0 Å². The maximum absolute atomic E-state index is 6.30. The topological polar surface area (TPSA) is 61.7 Å². The maximum Gasteiger partial charge on any atom is 0.131 e. The van der Waals surface area contributed by atoms with Crippen molar-refractivity contribution >= 4 is 5.82 Å². The van der Waals surface area contributed by atoms with Gasteiger partial charge in [0.05, 0.1) is 5.69 Å². The second kappa shape index (κ2) is 5.07. The number of nitrogens with two attached hydrogens (primary N) is 1. The smallest absolute Gasteiger partial charge is 0.131 e. The van der Waals surface area contributed by atoms with Gasteiger partial charge >= 0.3 is 0 Å². The van der Waals surface area contributed by atoms with Crippen LogP contribution in [0.15, 0.2) is 6.20 Å². The summed E-state index contributed by atoms with van der Waals surface area (Å²) in [6.07, 6.45) is 2.86. The molecule has 0 radical (unpaired) electrons. The number of hydrogen-bond donors (Lipinski definition) is 1. The summed E-state index contributed by atoms with van der Waals surface area (Å²) >= 11 is 0. The lowest BCUT2D eigenvalue weighted by Gasteiger charge is -2.11. The first-order valence-electron chi connectivity index (χ1n) is 6.79. The molecule has 0 aliphatic rings. The van der Waals surface area contributed by atoms with Crippen LogP contribution in [0.2, 0.25) is 0 Å². The van der Waals surface area contributed by atoms with Crippen molar-refractivity contribution in [3.63, 3.8) is 0 Å². The lowest BCUT2D eigenvalue weighted by Crippen LogP contribution is -2.10. The van der Waals surface area contributed by atoms with E-state index in [0.717, 1.165) is 41.6 Å². The third kappa shape index (κ3) is 2.50. The van der Waals surface area contributed by atoms with Crippen molar-refractivity contribution in [1.29, 1.82) is 0 Å². The Morgan fingerprint density at radius 3 is 2.53 bits per heavy atom. The molecule has 0 amide bonds. The van der Waals surface area contributed by atoms with Crippen LogP contribution in [-0.4, -0.2) is 19.3 Å². The van der Waals surface area contributed by atoms with Crippen LogP contribution in [0.5, 0.6) is 0 Å². The van der Waals surface area contributed by atoms with Gasteiger partial charge < -0.3 is 10.3 Å². The van der Waals surface area contributed by atoms with Crippen molar-refractivity contribution in [2.45, 2.75) is 40.7 Å². The summed E-state index contributed by atoms with van der Waals surface area (Å²) in [6, 6.07) is 0. The molecule has 0 fully saturated rings. The van der Waals surface area contributed by atoms with Crippen LogP contribution in [0.1, 0.15) is 32.3 Å². The summed E-state index contributed by atoms with van der Waals surface area (Å²) in [5.74, 6) is 2.34. The van der Waals surface area contributed by atoms with E-state index in [4.69, 9.17) is 10.7 Å². The van der Waals surface area contributed by atoms with E-state index in [9.17, 15) is 0 Å². The summed E-state index contributed by atoms with van der Waals surface area (Å²) in [5, 5.41) is 4.37. The summed E-state index contributed by atoms with van der Waals surface area (Å²) in [4.78, 5) is 4.71. The van der Waals surface area contributed by atoms with Crippen LogP contribution in [0.25, 0.3) is 11.3 Å². The van der Waals surface area contributed by atoms with Gasteiger partial charge in [0.2, 0.25) is 0 Å². The molecule has 19 heavy (non-hydrogen) atoms. The molecule has 0 saturated heterocycles. The number of rotatable bonds is 4. The number of nitrogen functional groups attached to an aromatic ring is 1. The SMILES string of the molecule is CCc1nc(-c2cn(C)nc2C)c(N)n1CC(C)C. The van der Waals surface area contributed by atoms with Gasteiger partial charge in [-0.15, -0.1) is 0 Å². The molecular weight excluding hydrogens is 238 g/mol. The Labute approximate surface area is 114 Å². The largest absolute Gasteiger partial charge is 0.383 e. The van der Waals surface area contributed by atoms with Crippen molar-refractivity contribution in [3.05, 3.63) is 17.7 Å².